The molecule has 2 unspecified atom stereocenters. The molecule has 0 bridgehead atoms. The van der Waals surface area contributed by atoms with Gasteiger partial charge in [-0.05, 0) is 37.4 Å². The van der Waals surface area contributed by atoms with E-state index in [1.54, 1.807) is 19.1 Å². The fraction of sp³-hybridized carbons (Fsp3) is 0.364. The highest BCUT2D eigenvalue weighted by atomic mass is 16.4. The molecule has 27 heavy (non-hydrogen) atoms. The van der Waals surface area contributed by atoms with Gasteiger partial charge in [0.1, 0.15) is 5.41 Å². The Balaban J connectivity index is 1.66. The van der Waals surface area contributed by atoms with Gasteiger partial charge in [0.2, 0.25) is 5.91 Å². The average Bonchev–Trinajstić information content (AvgIpc) is 3.15. The number of benzene rings is 2. The number of aliphatic carboxylic acids is 1. The Hall–Kier alpha value is -2.66. The van der Waals surface area contributed by atoms with E-state index in [4.69, 9.17) is 0 Å². The van der Waals surface area contributed by atoms with Crippen molar-refractivity contribution in [3.8, 4) is 0 Å². The summed E-state index contributed by atoms with van der Waals surface area (Å²) in [6, 6.07) is 19.0. The highest BCUT2D eigenvalue weighted by Gasteiger charge is 2.37. The molecule has 0 spiro atoms. The Morgan fingerprint density at radius 1 is 1.11 bits per heavy atom. The molecule has 2 atom stereocenters. The molecule has 2 aromatic carbocycles. The van der Waals surface area contributed by atoms with E-state index in [9.17, 15) is 14.7 Å². The topological polar surface area (TPSA) is 69.6 Å². The van der Waals surface area contributed by atoms with Gasteiger partial charge in [0, 0.05) is 13.1 Å². The van der Waals surface area contributed by atoms with E-state index < -0.39 is 11.4 Å². The van der Waals surface area contributed by atoms with Crippen LogP contribution in [0.4, 0.5) is 0 Å². The fourth-order valence-corrected chi connectivity index (χ4v) is 3.62. The van der Waals surface area contributed by atoms with Gasteiger partial charge >= 0.3 is 5.97 Å². The minimum absolute atomic E-state index is 0.0703. The van der Waals surface area contributed by atoms with Crippen LogP contribution in [0.5, 0.6) is 0 Å². The summed E-state index contributed by atoms with van der Waals surface area (Å²) in [5.74, 6) is -1.03. The molecule has 5 heteroatoms. The van der Waals surface area contributed by atoms with Gasteiger partial charge in [-0.25, -0.2) is 0 Å². The molecule has 1 aliphatic heterocycles. The van der Waals surface area contributed by atoms with Crippen LogP contribution in [0.2, 0.25) is 0 Å². The highest BCUT2D eigenvalue weighted by molar-refractivity contribution is 5.85. The molecule has 2 aromatic rings. The zero-order valence-electron chi connectivity index (χ0n) is 15.6. The van der Waals surface area contributed by atoms with Crippen molar-refractivity contribution in [1.82, 2.24) is 10.2 Å². The molecule has 3 rings (SSSR count). The van der Waals surface area contributed by atoms with Gasteiger partial charge in [0.15, 0.2) is 0 Å². The highest BCUT2D eigenvalue weighted by Crippen LogP contribution is 2.24. The zero-order chi connectivity index (χ0) is 19.3. The van der Waals surface area contributed by atoms with E-state index in [1.165, 1.54) is 5.56 Å². The third-order valence-corrected chi connectivity index (χ3v) is 5.39. The second-order valence-electron chi connectivity index (χ2n) is 7.34. The van der Waals surface area contributed by atoms with Crippen molar-refractivity contribution in [2.24, 2.45) is 0 Å². The van der Waals surface area contributed by atoms with Crippen LogP contribution in [0.3, 0.4) is 0 Å². The van der Waals surface area contributed by atoms with Crippen LogP contribution < -0.4 is 5.32 Å². The smallest absolute Gasteiger partial charge is 0.315 e. The number of hydrogen-bond donors (Lipinski definition) is 2. The van der Waals surface area contributed by atoms with E-state index >= 15 is 0 Å². The minimum Gasteiger partial charge on any atom is -0.481 e. The van der Waals surface area contributed by atoms with Gasteiger partial charge in [0.25, 0.3) is 0 Å². The first kappa shape index (κ1) is 19.1. The van der Waals surface area contributed by atoms with Crippen molar-refractivity contribution in [3.63, 3.8) is 0 Å². The van der Waals surface area contributed by atoms with E-state index in [2.05, 4.69) is 22.3 Å². The maximum absolute atomic E-state index is 12.8. The van der Waals surface area contributed by atoms with E-state index in [1.807, 2.05) is 36.4 Å². The average molecular weight is 366 g/mol. The summed E-state index contributed by atoms with van der Waals surface area (Å²) < 4.78 is 0. The predicted molar refractivity (Wildman–Crippen MR) is 104 cm³/mol. The summed E-state index contributed by atoms with van der Waals surface area (Å²) in [7, 11) is 0. The van der Waals surface area contributed by atoms with Crippen molar-refractivity contribution in [3.05, 3.63) is 71.8 Å². The predicted octanol–water partition coefficient (Wildman–Crippen LogP) is 2.81. The lowest BCUT2D eigenvalue weighted by Crippen LogP contribution is -2.49. The molecule has 1 heterocycles. The zero-order valence-corrected chi connectivity index (χ0v) is 15.6. The van der Waals surface area contributed by atoms with Crippen LogP contribution >= 0.6 is 0 Å². The molecular weight excluding hydrogens is 340 g/mol. The molecule has 1 amide bonds. The van der Waals surface area contributed by atoms with Gasteiger partial charge in [-0.2, -0.15) is 0 Å². The molecule has 142 valence electrons. The van der Waals surface area contributed by atoms with Crippen molar-refractivity contribution in [2.45, 2.75) is 37.8 Å². The number of carboxylic acids is 1. The van der Waals surface area contributed by atoms with Gasteiger partial charge in [0.05, 0.1) is 6.04 Å². The lowest BCUT2D eigenvalue weighted by atomic mass is 9.82. The van der Waals surface area contributed by atoms with Crippen LogP contribution in [0.25, 0.3) is 0 Å². The molecule has 0 radical (unpaired) electrons. The fourth-order valence-electron chi connectivity index (χ4n) is 3.62. The number of amides is 1. The molecule has 1 fully saturated rings. The Morgan fingerprint density at radius 3 is 2.37 bits per heavy atom. The number of carboxylic acid groups (broad SMARTS) is 1. The maximum Gasteiger partial charge on any atom is 0.315 e. The van der Waals surface area contributed by atoms with E-state index in [0.717, 1.165) is 25.9 Å². The van der Waals surface area contributed by atoms with Crippen molar-refractivity contribution in [2.75, 3.05) is 13.1 Å². The lowest BCUT2D eigenvalue weighted by Gasteiger charge is -2.28. The summed E-state index contributed by atoms with van der Waals surface area (Å²) >= 11 is 0. The van der Waals surface area contributed by atoms with Gasteiger partial charge in [-0.3, -0.25) is 14.5 Å². The van der Waals surface area contributed by atoms with Crippen LogP contribution in [0.15, 0.2) is 60.7 Å². The lowest BCUT2D eigenvalue weighted by molar-refractivity contribution is -0.143. The third kappa shape index (κ3) is 4.37. The molecular formula is C22H26N2O3. The second-order valence-corrected chi connectivity index (χ2v) is 7.34. The molecule has 0 saturated carbocycles. The number of hydrogen-bond acceptors (Lipinski definition) is 3. The first-order chi connectivity index (χ1) is 13.0. The van der Waals surface area contributed by atoms with E-state index in [-0.39, 0.29) is 18.5 Å². The standard InChI is InChI=1S/C22H26N2O3/c1-22(21(26)27,18-11-6-3-7-12-18)16-23-20(25)19-13-8-14-24(19)15-17-9-4-2-5-10-17/h2-7,9-12,19H,8,13-16H2,1H3,(H,23,25)(H,26,27). The Labute approximate surface area is 160 Å². The Morgan fingerprint density at radius 2 is 1.74 bits per heavy atom. The van der Waals surface area contributed by atoms with Crippen LogP contribution in [-0.4, -0.2) is 41.0 Å². The number of nitrogens with one attached hydrogen (secondary N) is 1. The van der Waals surface area contributed by atoms with Gasteiger partial charge < -0.3 is 10.4 Å². The monoisotopic (exact) mass is 366 g/mol. The number of likely N-dealkylation sites (tertiary alicyclic amines) is 1. The largest absolute Gasteiger partial charge is 0.481 e. The van der Waals surface area contributed by atoms with Crippen molar-refractivity contribution >= 4 is 11.9 Å². The normalized spacial score (nSPS) is 19.4. The Bertz CT molecular complexity index is 779. The number of rotatable bonds is 7. The third-order valence-electron chi connectivity index (χ3n) is 5.39. The summed E-state index contributed by atoms with van der Waals surface area (Å²) in [5, 5.41) is 12.6. The summed E-state index contributed by atoms with van der Waals surface area (Å²) in [5.41, 5.74) is 0.710. The number of nitrogens with zero attached hydrogens (tertiary/aromatic N) is 1. The summed E-state index contributed by atoms with van der Waals surface area (Å²) in [4.78, 5) is 26.9. The first-order valence-corrected chi connectivity index (χ1v) is 9.35. The molecule has 2 N–H and O–H groups in total. The molecule has 5 nitrogen and oxygen atoms in total. The summed E-state index contributed by atoms with van der Waals surface area (Å²) in [6.07, 6.45) is 1.77. The van der Waals surface area contributed by atoms with E-state index in [0.29, 0.717) is 5.56 Å². The maximum atomic E-state index is 12.8. The molecule has 1 aliphatic rings. The van der Waals surface area contributed by atoms with Gasteiger partial charge in [-0.1, -0.05) is 60.7 Å². The van der Waals surface area contributed by atoms with Crippen LogP contribution in [-0.2, 0) is 21.5 Å². The summed E-state index contributed by atoms with van der Waals surface area (Å²) in [6.45, 7) is 3.33. The molecule has 1 saturated heterocycles. The van der Waals surface area contributed by atoms with Crippen molar-refractivity contribution < 1.29 is 14.7 Å². The molecule has 0 aliphatic carbocycles. The first-order valence-electron chi connectivity index (χ1n) is 9.35. The van der Waals surface area contributed by atoms with Crippen LogP contribution in [0.1, 0.15) is 30.9 Å². The Kier molecular flexibility index (Phi) is 5.91. The second kappa shape index (κ2) is 8.35. The SMILES string of the molecule is CC(CNC(=O)C1CCCN1Cc1ccccc1)(C(=O)O)c1ccccc1. The minimum atomic E-state index is -1.15. The number of carbonyl (C=O) groups is 2. The quantitative estimate of drug-likeness (QED) is 0.791. The molecule has 0 aromatic heterocycles. The number of carbonyl (C=O) groups excluding carboxylic acids is 1. The van der Waals surface area contributed by atoms with Crippen LogP contribution in [0, 0.1) is 0 Å². The van der Waals surface area contributed by atoms with Crippen molar-refractivity contribution in [1.29, 1.82) is 0 Å². The van der Waals surface area contributed by atoms with Gasteiger partial charge in [-0.15, -0.1) is 0 Å².